The second-order valence-electron chi connectivity index (χ2n) is 5.25. The number of ketones is 1. The fraction of sp³-hybridized carbons (Fsp3) is 0.769. The van der Waals surface area contributed by atoms with Crippen LogP contribution in [0, 0.1) is 5.41 Å². The number of carbonyl (C=O) groups excluding carboxylic acids is 1. The number of rotatable bonds is 2. The van der Waals surface area contributed by atoms with Gasteiger partial charge >= 0.3 is 0 Å². The van der Waals surface area contributed by atoms with Crippen molar-refractivity contribution in [2.24, 2.45) is 5.41 Å². The largest absolute Gasteiger partial charge is 0.366 e. The van der Waals surface area contributed by atoms with Gasteiger partial charge in [-0.1, -0.05) is 6.08 Å². The van der Waals surface area contributed by atoms with Gasteiger partial charge in [0.2, 0.25) is 0 Å². The monoisotopic (exact) mass is 224 g/mol. The summed E-state index contributed by atoms with van der Waals surface area (Å²) >= 11 is 0. The van der Waals surface area contributed by atoms with Crippen LogP contribution in [0.25, 0.3) is 0 Å². The highest BCUT2D eigenvalue weighted by Crippen LogP contribution is 2.48. The Kier molecular flexibility index (Phi) is 2.93. The molecular weight excluding hydrogens is 204 g/mol. The first kappa shape index (κ1) is 11.8. The average Bonchev–Trinajstić information content (AvgIpc) is 2.20. The molecular formula is C13H20O3. The molecule has 2 aliphatic rings. The van der Waals surface area contributed by atoms with Crippen LogP contribution >= 0.6 is 0 Å². The maximum Gasteiger partial charge on any atom is 0.163 e. The van der Waals surface area contributed by atoms with E-state index in [0.29, 0.717) is 25.0 Å². The highest BCUT2D eigenvalue weighted by atomic mass is 16.6. The molecule has 0 amide bonds. The molecule has 0 bridgehead atoms. The van der Waals surface area contributed by atoms with Gasteiger partial charge in [-0.05, 0) is 32.6 Å². The molecule has 1 saturated carbocycles. The number of ether oxygens (including phenoxy) is 1. The zero-order valence-corrected chi connectivity index (χ0v) is 9.87. The third-order valence-electron chi connectivity index (χ3n) is 3.98. The van der Waals surface area contributed by atoms with Crippen molar-refractivity contribution in [3.63, 3.8) is 0 Å². The van der Waals surface area contributed by atoms with E-state index in [1.807, 2.05) is 0 Å². The van der Waals surface area contributed by atoms with Crippen molar-refractivity contribution in [1.29, 1.82) is 0 Å². The second kappa shape index (κ2) is 3.97. The Morgan fingerprint density at radius 3 is 3.06 bits per heavy atom. The van der Waals surface area contributed by atoms with Gasteiger partial charge in [0.25, 0.3) is 0 Å². The van der Waals surface area contributed by atoms with E-state index in [1.54, 1.807) is 13.0 Å². The summed E-state index contributed by atoms with van der Waals surface area (Å²) in [6.45, 7) is 5.43. The molecule has 3 nitrogen and oxygen atoms in total. The number of aliphatic hydroxyl groups is 1. The van der Waals surface area contributed by atoms with Crippen LogP contribution in [-0.4, -0.2) is 22.8 Å². The summed E-state index contributed by atoms with van der Waals surface area (Å²) in [5, 5.41) is 9.92. The van der Waals surface area contributed by atoms with Crippen molar-refractivity contribution in [1.82, 2.24) is 0 Å². The Balaban J connectivity index is 2.26. The Hall–Kier alpha value is -0.670. The zero-order chi connectivity index (χ0) is 11.8. The number of carbonyl (C=O) groups is 1. The van der Waals surface area contributed by atoms with E-state index in [1.165, 1.54) is 0 Å². The van der Waals surface area contributed by atoms with E-state index in [9.17, 15) is 9.90 Å². The predicted molar refractivity (Wildman–Crippen MR) is 60.8 cm³/mol. The maximum atomic E-state index is 12.1. The summed E-state index contributed by atoms with van der Waals surface area (Å²) in [6, 6.07) is 0. The molecule has 1 unspecified atom stereocenters. The molecule has 16 heavy (non-hydrogen) atoms. The number of fused-ring (bicyclic) bond motifs is 1. The van der Waals surface area contributed by atoms with Gasteiger partial charge in [0.15, 0.2) is 5.79 Å². The van der Waals surface area contributed by atoms with Gasteiger partial charge in [-0.15, -0.1) is 6.58 Å². The highest BCUT2D eigenvalue weighted by molar-refractivity contribution is 5.86. The fourth-order valence-electron chi connectivity index (χ4n) is 3.05. The molecule has 0 aromatic rings. The van der Waals surface area contributed by atoms with Gasteiger partial charge in [-0.25, -0.2) is 0 Å². The molecule has 0 radical (unpaired) electrons. The quantitative estimate of drug-likeness (QED) is 0.731. The molecule has 1 aliphatic carbocycles. The molecule has 1 aliphatic heterocycles. The summed E-state index contributed by atoms with van der Waals surface area (Å²) in [7, 11) is 0. The fourth-order valence-corrected chi connectivity index (χ4v) is 3.05. The minimum atomic E-state index is -1.06. The molecule has 2 fully saturated rings. The van der Waals surface area contributed by atoms with Gasteiger partial charge < -0.3 is 9.84 Å². The molecule has 2 rings (SSSR count). The average molecular weight is 224 g/mol. The lowest BCUT2D eigenvalue weighted by atomic mass is 9.64. The third-order valence-corrected chi connectivity index (χ3v) is 3.98. The minimum Gasteiger partial charge on any atom is -0.366 e. The van der Waals surface area contributed by atoms with E-state index in [4.69, 9.17) is 4.74 Å². The molecule has 90 valence electrons. The third kappa shape index (κ3) is 1.82. The zero-order valence-electron chi connectivity index (χ0n) is 9.87. The van der Waals surface area contributed by atoms with Gasteiger partial charge in [-0.2, -0.15) is 0 Å². The van der Waals surface area contributed by atoms with Crippen LogP contribution in [0.15, 0.2) is 12.7 Å². The Bertz CT molecular complexity index is 308. The van der Waals surface area contributed by atoms with Crippen LogP contribution in [-0.2, 0) is 9.53 Å². The van der Waals surface area contributed by atoms with Crippen LogP contribution in [0.3, 0.4) is 0 Å². The molecule has 1 N–H and O–H groups in total. The Morgan fingerprint density at radius 1 is 1.62 bits per heavy atom. The number of hydrogen-bond acceptors (Lipinski definition) is 3. The van der Waals surface area contributed by atoms with Gasteiger partial charge in [0.05, 0.1) is 11.5 Å². The molecule has 3 heteroatoms. The van der Waals surface area contributed by atoms with E-state index in [0.717, 1.165) is 19.3 Å². The number of hydrogen-bond donors (Lipinski definition) is 1. The van der Waals surface area contributed by atoms with Gasteiger partial charge in [0.1, 0.15) is 5.78 Å². The van der Waals surface area contributed by atoms with Crippen LogP contribution < -0.4 is 0 Å². The maximum absolute atomic E-state index is 12.1. The van der Waals surface area contributed by atoms with Crippen molar-refractivity contribution in [3.05, 3.63) is 12.7 Å². The standard InChI is InChI=1S/C13H20O3/c1-3-7-13-9-8-12(2,15)16-11(13)6-4-5-10(13)14/h3,11,15H,1,4-9H2,2H3/t11-,12?,13+/m0/s1. The molecule has 1 saturated heterocycles. The highest BCUT2D eigenvalue weighted by Gasteiger charge is 2.52. The molecule has 3 atom stereocenters. The topological polar surface area (TPSA) is 46.5 Å². The van der Waals surface area contributed by atoms with Crippen molar-refractivity contribution < 1.29 is 14.6 Å². The van der Waals surface area contributed by atoms with Gasteiger partial charge in [0, 0.05) is 12.8 Å². The molecule has 1 heterocycles. The van der Waals surface area contributed by atoms with E-state index in [-0.39, 0.29) is 6.10 Å². The Morgan fingerprint density at radius 2 is 2.38 bits per heavy atom. The van der Waals surface area contributed by atoms with Crippen molar-refractivity contribution in [2.45, 2.75) is 57.3 Å². The predicted octanol–water partition coefficient (Wildman–Crippen LogP) is 2.19. The number of Topliss-reactive ketones (excluding diaryl/α,β-unsaturated/α-hetero) is 1. The van der Waals surface area contributed by atoms with Crippen molar-refractivity contribution in [2.75, 3.05) is 0 Å². The Labute approximate surface area is 96.5 Å². The van der Waals surface area contributed by atoms with Crippen LogP contribution in [0.2, 0.25) is 0 Å². The van der Waals surface area contributed by atoms with Crippen LogP contribution in [0.5, 0.6) is 0 Å². The van der Waals surface area contributed by atoms with Crippen LogP contribution in [0.1, 0.15) is 45.4 Å². The molecule has 0 aromatic heterocycles. The molecule has 0 spiro atoms. The summed E-state index contributed by atoms with van der Waals surface area (Å²) in [4.78, 5) is 12.1. The summed E-state index contributed by atoms with van der Waals surface area (Å²) < 4.78 is 5.69. The summed E-state index contributed by atoms with van der Waals surface area (Å²) in [5.41, 5.74) is -0.401. The van der Waals surface area contributed by atoms with E-state index >= 15 is 0 Å². The lowest BCUT2D eigenvalue weighted by Crippen LogP contribution is -2.55. The second-order valence-corrected chi connectivity index (χ2v) is 5.25. The smallest absolute Gasteiger partial charge is 0.163 e. The van der Waals surface area contributed by atoms with Gasteiger partial charge in [-0.3, -0.25) is 4.79 Å². The lowest BCUT2D eigenvalue weighted by Gasteiger charge is -2.49. The molecule has 0 aromatic carbocycles. The summed E-state index contributed by atoms with van der Waals surface area (Å²) in [6.07, 6.45) is 5.99. The summed E-state index contributed by atoms with van der Waals surface area (Å²) in [5.74, 6) is -0.772. The van der Waals surface area contributed by atoms with E-state index in [2.05, 4.69) is 6.58 Å². The first-order chi connectivity index (χ1) is 7.50. The number of allylic oxidation sites excluding steroid dienone is 1. The first-order valence-corrected chi connectivity index (χ1v) is 6.05. The lowest BCUT2D eigenvalue weighted by molar-refractivity contribution is -0.276. The minimum absolute atomic E-state index is 0.129. The van der Waals surface area contributed by atoms with Crippen LogP contribution in [0.4, 0.5) is 0 Å². The SMILES string of the molecule is C=CC[C@]12CCC(C)(O)O[C@H]1CCCC2=O. The van der Waals surface area contributed by atoms with Crippen molar-refractivity contribution >= 4 is 5.78 Å². The van der Waals surface area contributed by atoms with E-state index < -0.39 is 11.2 Å². The normalized spacial score (nSPS) is 43.9. The van der Waals surface area contributed by atoms with Crippen molar-refractivity contribution in [3.8, 4) is 0 Å². The first-order valence-electron chi connectivity index (χ1n) is 6.05.